The number of fused-ring (bicyclic) bond motifs is 1. The molecule has 346 valence electrons. The molecule has 0 amide bonds. The van der Waals surface area contributed by atoms with E-state index in [2.05, 4.69) is 0 Å². The lowest BCUT2D eigenvalue weighted by molar-refractivity contribution is -0.275. The Morgan fingerprint density at radius 2 is 1.12 bits per heavy atom. The average molecular weight is 923 g/mol. The van der Waals surface area contributed by atoms with Gasteiger partial charge in [0.1, 0.15) is 35.2 Å². The molecule has 1 saturated heterocycles. The van der Waals surface area contributed by atoms with Gasteiger partial charge in [0.25, 0.3) is 0 Å². The van der Waals surface area contributed by atoms with Gasteiger partial charge in [-0.05, 0) is 73.7 Å². The van der Waals surface area contributed by atoms with Crippen LogP contribution in [0, 0.1) is 0 Å². The number of rotatable bonds is 15. The standard InChI is InChI=1S/C52H42O16/c1-3-61-38-27-35(28-39-41(38)42(55)45(60-2)43(64-39)34-24-25-36(53)37(54)26-34)63-52-47(68-51(59)33-22-14-7-15-23-33)46(67-50(58)32-20-12-6-13-21-32)44(66-49(57)31-18-10-5-11-19-31)40(65-52)29-62-48(56)30-16-8-4-9-17-30/h4-28,40,44,46-47,52-54H,3,29H2,1-2H3/t40?,44-,46?,47+,52-/m1/s1. The minimum Gasteiger partial charge on any atom is -0.504 e. The number of esters is 4. The van der Waals surface area contributed by atoms with Crippen molar-refractivity contribution in [1.82, 2.24) is 0 Å². The predicted molar refractivity (Wildman–Crippen MR) is 242 cm³/mol. The van der Waals surface area contributed by atoms with Crippen LogP contribution in [0.2, 0.25) is 0 Å². The lowest BCUT2D eigenvalue weighted by Crippen LogP contribution is -2.63. The molecule has 0 spiro atoms. The number of hydrogen-bond donors (Lipinski definition) is 2. The zero-order valence-corrected chi connectivity index (χ0v) is 36.3. The molecule has 5 atom stereocenters. The van der Waals surface area contributed by atoms with E-state index in [1.807, 2.05) is 0 Å². The van der Waals surface area contributed by atoms with Crippen LogP contribution in [0.15, 0.2) is 161 Å². The van der Waals surface area contributed by atoms with Crippen LogP contribution in [0.4, 0.5) is 0 Å². The summed E-state index contributed by atoms with van der Waals surface area (Å²) >= 11 is 0. The van der Waals surface area contributed by atoms with Gasteiger partial charge in [0.2, 0.25) is 23.6 Å². The third-order valence-corrected chi connectivity index (χ3v) is 10.6. The molecule has 68 heavy (non-hydrogen) atoms. The third-order valence-electron chi connectivity index (χ3n) is 10.6. The summed E-state index contributed by atoms with van der Waals surface area (Å²) in [5.41, 5.74) is -0.134. The molecule has 2 heterocycles. The van der Waals surface area contributed by atoms with Crippen molar-refractivity contribution in [3.63, 3.8) is 0 Å². The molecule has 1 fully saturated rings. The topological polar surface area (TPSA) is 213 Å². The summed E-state index contributed by atoms with van der Waals surface area (Å²) in [5, 5.41) is 20.3. The predicted octanol–water partition coefficient (Wildman–Crippen LogP) is 7.92. The normalized spacial score (nSPS) is 17.6. The van der Waals surface area contributed by atoms with E-state index in [1.54, 1.807) is 79.7 Å². The van der Waals surface area contributed by atoms with Gasteiger partial charge >= 0.3 is 23.9 Å². The molecule has 8 rings (SSSR count). The molecule has 0 bridgehead atoms. The van der Waals surface area contributed by atoms with Crippen LogP contribution >= 0.6 is 0 Å². The number of carbonyl (C=O) groups excluding carboxylic acids is 4. The summed E-state index contributed by atoms with van der Waals surface area (Å²) in [6.07, 6.45) is -8.38. The summed E-state index contributed by atoms with van der Waals surface area (Å²) in [6.45, 7) is 1.13. The number of hydrogen-bond acceptors (Lipinski definition) is 16. The first-order valence-corrected chi connectivity index (χ1v) is 21.2. The van der Waals surface area contributed by atoms with Gasteiger partial charge in [0, 0.05) is 17.7 Å². The number of aromatic hydroxyl groups is 2. The highest BCUT2D eigenvalue weighted by molar-refractivity contribution is 5.92. The summed E-state index contributed by atoms with van der Waals surface area (Å²) < 4.78 is 55.0. The Hall–Kier alpha value is -8.63. The molecule has 16 nitrogen and oxygen atoms in total. The number of methoxy groups -OCH3 is 1. The lowest BCUT2D eigenvalue weighted by atomic mass is 9.97. The summed E-state index contributed by atoms with van der Waals surface area (Å²) in [6, 6.07) is 38.2. The average Bonchev–Trinajstić information content (AvgIpc) is 3.36. The molecule has 2 N–H and O–H groups in total. The van der Waals surface area contributed by atoms with Crippen LogP contribution < -0.4 is 19.6 Å². The quantitative estimate of drug-likeness (QED) is 0.0568. The monoisotopic (exact) mass is 922 g/mol. The number of phenolic OH excluding ortho intramolecular Hbond substituents is 2. The highest BCUT2D eigenvalue weighted by Gasteiger charge is 2.54. The zero-order chi connectivity index (χ0) is 47.7. The Kier molecular flexibility index (Phi) is 14.0. The molecular formula is C52H42O16. The largest absolute Gasteiger partial charge is 0.504 e. The molecule has 6 aromatic carbocycles. The van der Waals surface area contributed by atoms with Crippen molar-refractivity contribution in [2.75, 3.05) is 20.3 Å². The van der Waals surface area contributed by atoms with Gasteiger partial charge in [-0.2, -0.15) is 0 Å². The fourth-order valence-electron chi connectivity index (χ4n) is 7.38. The molecular weight excluding hydrogens is 881 g/mol. The van der Waals surface area contributed by atoms with Crippen LogP contribution in [0.5, 0.6) is 28.7 Å². The second-order valence-corrected chi connectivity index (χ2v) is 15.1. The molecule has 1 aliphatic rings. The summed E-state index contributed by atoms with van der Waals surface area (Å²) in [5.74, 6) is -4.90. The van der Waals surface area contributed by atoms with E-state index >= 15 is 0 Å². The van der Waals surface area contributed by atoms with Crippen LogP contribution in [0.3, 0.4) is 0 Å². The minimum absolute atomic E-state index is 0.0316. The SMILES string of the molecule is CCOc1cc(O[C@@H]2OC(COC(=O)c3ccccc3)[C@@H](OC(=O)c3ccccc3)C(OC(=O)c3ccccc3)[C@@H]2OC(=O)c2ccccc2)cc2oc(-c3ccc(O)c(O)c3)c(OC)c(=O)c12. The lowest BCUT2D eigenvalue weighted by Gasteiger charge is -2.44. The number of carbonyl (C=O) groups is 4. The van der Waals surface area contributed by atoms with Crippen molar-refractivity contribution < 1.29 is 71.7 Å². The van der Waals surface area contributed by atoms with Crippen LogP contribution in [0.25, 0.3) is 22.3 Å². The van der Waals surface area contributed by atoms with E-state index in [0.29, 0.717) is 0 Å². The number of benzene rings is 6. The van der Waals surface area contributed by atoms with Gasteiger partial charge < -0.3 is 52.5 Å². The molecule has 0 saturated carbocycles. The van der Waals surface area contributed by atoms with Crippen molar-refractivity contribution in [1.29, 1.82) is 0 Å². The first-order chi connectivity index (χ1) is 33.0. The van der Waals surface area contributed by atoms with E-state index in [0.717, 1.165) is 0 Å². The maximum atomic E-state index is 14.1. The maximum absolute atomic E-state index is 14.1. The Morgan fingerprint density at radius 3 is 1.63 bits per heavy atom. The molecule has 1 aromatic heterocycles. The first kappa shape index (κ1) is 45.9. The van der Waals surface area contributed by atoms with Crippen molar-refractivity contribution >= 4 is 34.8 Å². The summed E-state index contributed by atoms with van der Waals surface area (Å²) in [7, 11) is 1.26. The second-order valence-electron chi connectivity index (χ2n) is 15.1. The van der Waals surface area contributed by atoms with Gasteiger partial charge in [0.15, 0.2) is 29.5 Å². The van der Waals surface area contributed by atoms with Crippen molar-refractivity contribution in [2.45, 2.75) is 37.6 Å². The van der Waals surface area contributed by atoms with Gasteiger partial charge in [-0.3, -0.25) is 4.79 Å². The van der Waals surface area contributed by atoms with E-state index in [1.165, 1.54) is 86.0 Å². The van der Waals surface area contributed by atoms with Crippen LogP contribution in [-0.2, 0) is 23.7 Å². The Bertz CT molecular complexity index is 2980. The molecule has 1 aliphatic heterocycles. The van der Waals surface area contributed by atoms with Gasteiger partial charge in [-0.25, -0.2) is 19.2 Å². The van der Waals surface area contributed by atoms with E-state index < -0.39 is 78.1 Å². The van der Waals surface area contributed by atoms with Crippen LogP contribution in [0.1, 0.15) is 48.4 Å². The number of ether oxygens (including phenoxy) is 8. The molecule has 7 aromatic rings. The van der Waals surface area contributed by atoms with E-state index in [-0.39, 0.29) is 68.4 Å². The zero-order valence-electron chi connectivity index (χ0n) is 36.3. The highest BCUT2D eigenvalue weighted by Crippen LogP contribution is 2.40. The van der Waals surface area contributed by atoms with E-state index in [4.69, 9.17) is 42.3 Å². The number of phenols is 2. The van der Waals surface area contributed by atoms with Crippen molar-refractivity contribution in [2.24, 2.45) is 0 Å². The fraction of sp³-hybridized carbons (Fsp3) is 0.173. The fourth-order valence-corrected chi connectivity index (χ4v) is 7.38. The Labute approximate surface area is 387 Å². The third kappa shape index (κ3) is 10.1. The smallest absolute Gasteiger partial charge is 0.338 e. The van der Waals surface area contributed by atoms with E-state index in [9.17, 15) is 34.2 Å². The molecule has 16 heteroatoms. The second kappa shape index (κ2) is 20.7. The van der Waals surface area contributed by atoms with Gasteiger partial charge in [-0.15, -0.1) is 0 Å². The molecule has 2 unspecified atom stereocenters. The van der Waals surface area contributed by atoms with Gasteiger partial charge in [-0.1, -0.05) is 72.8 Å². The maximum Gasteiger partial charge on any atom is 0.338 e. The van der Waals surface area contributed by atoms with Crippen molar-refractivity contribution in [3.8, 4) is 40.1 Å². The van der Waals surface area contributed by atoms with Crippen LogP contribution in [-0.4, -0.2) is 85.1 Å². The van der Waals surface area contributed by atoms with Gasteiger partial charge in [0.05, 0.1) is 36.0 Å². The molecule has 0 aliphatic carbocycles. The van der Waals surface area contributed by atoms with Crippen molar-refractivity contribution in [3.05, 3.63) is 184 Å². The Balaban J connectivity index is 1.27. The minimum atomic E-state index is -1.77. The Morgan fingerprint density at radius 1 is 0.603 bits per heavy atom. The molecule has 0 radical (unpaired) electrons. The highest BCUT2D eigenvalue weighted by atomic mass is 16.7. The summed E-state index contributed by atoms with van der Waals surface area (Å²) in [4.78, 5) is 69.7. The first-order valence-electron chi connectivity index (χ1n) is 21.2.